The second kappa shape index (κ2) is 11.0. The Balaban J connectivity index is 2.04. The van der Waals surface area contributed by atoms with Crippen molar-refractivity contribution >= 4 is 29.4 Å². The Labute approximate surface area is 127 Å². The Bertz CT molecular complexity index is 405. The molecular weight excluding hydrogens is 297 g/mol. The molecule has 0 aliphatic heterocycles. The number of thioether (sulfide) groups is 2. The van der Waals surface area contributed by atoms with Crippen LogP contribution in [0, 0.1) is 5.82 Å². The number of carbonyl (C=O) groups is 1. The van der Waals surface area contributed by atoms with Crippen molar-refractivity contribution in [2.24, 2.45) is 0 Å². The fraction of sp³-hybridized carbons (Fsp3) is 0.500. The molecule has 112 valence electrons. The van der Waals surface area contributed by atoms with Crippen molar-refractivity contribution in [2.75, 3.05) is 30.4 Å². The molecule has 0 saturated heterocycles. The smallest absolute Gasteiger partial charge is 0.220 e. The summed E-state index contributed by atoms with van der Waals surface area (Å²) in [5.41, 5.74) is 0. The summed E-state index contributed by atoms with van der Waals surface area (Å²) >= 11 is 3.07. The first-order valence-corrected chi connectivity index (χ1v) is 8.70. The molecule has 0 fully saturated rings. The van der Waals surface area contributed by atoms with Crippen molar-refractivity contribution in [3.63, 3.8) is 0 Å². The topological polar surface area (TPSA) is 49.3 Å². The summed E-state index contributed by atoms with van der Waals surface area (Å²) < 4.78 is 13.3. The molecule has 0 bridgehead atoms. The zero-order chi connectivity index (χ0) is 14.6. The van der Waals surface area contributed by atoms with Gasteiger partial charge in [0.1, 0.15) is 5.82 Å². The van der Waals surface area contributed by atoms with E-state index < -0.39 is 0 Å². The lowest BCUT2D eigenvalue weighted by Crippen LogP contribution is -2.26. The van der Waals surface area contributed by atoms with Crippen LogP contribution >= 0.6 is 23.5 Å². The number of aliphatic hydroxyl groups is 1. The van der Waals surface area contributed by atoms with Crippen LogP contribution in [0.15, 0.2) is 29.2 Å². The highest BCUT2D eigenvalue weighted by molar-refractivity contribution is 7.99. The van der Waals surface area contributed by atoms with E-state index in [9.17, 15) is 9.18 Å². The number of amides is 1. The second-order valence-corrected chi connectivity index (χ2v) is 6.43. The third kappa shape index (κ3) is 7.77. The summed E-state index contributed by atoms with van der Waals surface area (Å²) in [4.78, 5) is 12.1. The number of benzene rings is 1. The molecule has 0 aliphatic carbocycles. The van der Waals surface area contributed by atoms with E-state index in [-0.39, 0.29) is 18.3 Å². The predicted molar refractivity (Wildman–Crippen MR) is 83.8 cm³/mol. The van der Waals surface area contributed by atoms with Crippen LogP contribution in [0.3, 0.4) is 0 Å². The van der Waals surface area contributed by atoms with Crippen LogP contribution in [0.2, 0.25) is 0 Å². The second-order valence-electron chi connectivity index (χ2n) is 4.07. The summed E-state index contributed by atoms with van der Waals surface area (Å²) in [6.45, 7) is 0.853. The first-order valence-electron chi connectivity index (χ1n) is 6.56. The number of aliphatic hydroxyl groups excluding tert-OH is 1. The number of carbonyl (C=O) groups excluding carboxylic acids is 1. The van der Waals surface area contributed by atoms with E-state index in [1.807, 2.05) is 0 Å². The van der Waals surface area contributed by atoms with Gasteiger partial charge in [0.05, 0.1) is 0 Å². The molecule has 1 amide bonds. The molecule has 0 aromatic heterocycles. The van der Waals surface area contributed by atoms with Gasteiger partial charge in [-0.3, -0.25) is 4.79 Å². The Morgan fingerprint density at radius 3 is 2.80 bits per heavy atom. The van der Waals surface area contributed by atoms with Crippen molar-refractivity contribution in [1.82, 2.24) is 5.32 Å². The van der Waals surface area contributed by atoms with E-state index in [1.54, 1.807) is 30.0 Å². The van der Waals surface area contributed by atoms with Gasteiger partial charge in [0.2, 0.25) is 5.91 Å². The van der Waals surface area contributed by atoms with E-state index in [0.29, 0.717) is 23.6 Å². The summed E-state index contributed by atoms with van der Waals surface area (Å²) in [7, 11) is 0. The van der Waals surface area contributed by atoms with Gasteiger partial charge >= 0.3 is 0 Å². The molecule has 0 saturated carbocycles. The van der Waals surface area contributed by atoms with Gasteiger partial charge in [-0.2, -0.15) is 11.8 Å². The molecule has 1 aromatic carbocycles. The maximum atomic E-state index is 13.3. The largest absolute Gasteiger partial charge is 0.396 e. The van der Waals surface area contributed by atoms with Crippen LogP contribution < -0.4 is 5.32 Å². The van der Waals surface area contributed by atoms with Crippen LogP contribution in [-0.2, 0) is 4.79 Å². The zero-order valence-electron chi connectivity index (χ0n) is 11.3. The Morgan fingerprint density at radius 1 is 1.25 bits per heavy atom. The molecule has 3 nitrogen and oxygen atoms in total. The van der Waals surface area contributed by atoms with Crippen molar-refractivity contribution in [1.29, 1.82) is 0 Å². The maximum absolute atomic E-state index is 13.3. The molecule has 0 unspecified atom stereocenters. The van der Waals surface area contributed by atoms with Gasteiger partial charge < -0.3 is 10.4 Å². The fourth-order valence-electron chi connectivity index (χ4n) is 1.44. The Morgan fingerprint density at radius 2 is 2.05 bits per heavy atom. The molecular formula is C14H20FNO2S2. The molecule has 0 aliphatic rings. The number of hydrogen-bond acceptors (Lipinski definition) is 4. The van der Waals surface area contributed by atoms with Gasteiger partial charge in [-0.15, -0.1) is 11.8 Å². The van der Waals surface area contributed by atoms with Crippen molar-refractivity contribution in [3.05, 3.63) is 30.1 Å². The van der Waals surface area contributed by atoms with Crippen LogP contribution in [-0.4, -0.2) is 41.4 Å². The third-order valence-corrected chi connectivity index (χ3v) is 4.56. The number of nitrogens with one attached hydrogen (secondary N) is 1. The van der Waals surface area contributed by atoms with E-state index in [0.717, 1.165) is 17.9 Å². The molecule has 1 rings (SSSR count). The van der Waals surface area contributed by atoms with Crippen molar-refractivity contribution < 1.29 is 14.3 Å². The normalized spacial score (nSPS) is 10.5. The lowest BCUT2D eigenvalue weighted by Gasteiger charge is -2.05. The van der Waals surface area contributed by atoms with Gasteiger partial charge in [-0.25, -0.2) is 4.39 Å². The molecule has 6 heteroatoms. The SMILES string of the molecule is O=C(CCSc1ccccc1F)NCCSCCCO. The summed E-state index contributed by atoms with van der Waals surface area (Å²) in [6, 6.07) is 6.58. The van der Waals surface area contributed by atoms with Crippen LogP contribution in [0.25, 0.3) is 0 Å². The summed E-state index contributed by atoms with van der Waals surface area (Å²) in [5.74, 6) is 2.10. The van der Waals surface area contributed by atoms with Crippen molar-refractivity contribution in [3.8, 4) is 0 Å². The molecule has 1 aromatic rings. The van der Waals surface area contributed by atoms with Gasteiger partial charge in [-0.05, 0) is 24.3 Å². The molecule has 0 heterocycles. The summed E-state index contributed by atoms with van der Waals surface area (Å²) in [5, 5.41) is 11.4. The van der Waals surface area contributed by atoms with Gasteiger partial charge in [0.15, 0.2) is 0 Å². The number of hydrogen-bond donors (Lipinski definition) is 2. The first kappa shape index (κ1) is 17.3. The third-order valence-electron chi connectivity index (χ3n) is 2.44. The van der Waals surface area contributed by atoms with E-state index in [1.165, 1.54) is 17.8 Å². The van der Waals surface area contributed by atoms with Gasteiger partial charge in [-0.1, -0.05) is 12.1 Å². The highest BCUT2D eigenvalue weighted by Crippen LogP contribution is 2.21. The van der Waals surface area contributed by atoms with Crippen LogP contribution in [0.1, 0.15) is 12.8 Å². The minimum Gasteiger partial charge on any atom is -0.396 e. The quantitative estimate of drug-likeness (QED) is 0.514. The standard InChI is InChI=1S/C14H20FNO2S2/c15-12-4-1-2-5-13(12)20-10-6-14(18)16-7-11-19-9-3-8-17/h1-2,4-5,17H,3,6-11H2,(H,16,18). The van der Waals surface area contributed by atoms with Crippen LogP contribution in [0.5, 0.6) is 0 Å². The average molecular weight is 317 g/mol. The predicted octanol–water partition coefficient (Wildman–Crippen LogP) is 2.54. The first-order chi connectivity index (χ1) is 9.74. The molecule has 20 heavy (non-hydrogen) atoms. The Hall–Kier alpha value is -0.720. The van der Waals surface area contributed by atoms with Gasteiger partial charge in [0.25, 0.3) is 0 Å². The lowest BCUT2D eigenvalue weighted by molar-refractivity contribution is -0.120. The fourth-order valence-corrected chi connectivity index (χ4v) is 3.11. The minimum atomic E-state index is -0.238. The molecule has 0 radical (unpaired) electrons. The molecule has 0 atom stereocenters. The van der Waals surface area contributed by atoms with Crippen molar-refractivity contribution in [2.45, 2.75) is 17.7 Å². The molecule has 0 spiro atoms. The Kier molecular flexibility index (Phi) is 9.53. The zero-order valence-corrected chi connectivity index (χ0v) is 12.9. The lowest BCUT2D eigenvalue weighted by atomic mass is 10.3. The summed E-state index contributed by atoms with van der Waals surface area (Å²) in [6.07, 6.45) is 1.18. The monoisotopic (exact) mass is 317 g/mol. The van der Waals surface area contributed by atoms with E-state index in [2.05, 4.69) is 5.32 Å². The molecule has 2 N–H and O–H groups in total. The maximum Gasteiger partial charge on any atom is 0.220 e. The van der Waals surface area contributed by atoms with Gasteiger partial charge in [0, 0.05) is 36.0 Å². The number of rotatable bonds is 10. The van der Waals surface area contributed by atoms with Crippen LogP contribution in [0.4, 0.5) is 4.39 Å². The van der Waals surface area contributed by atoms with E-state index in [4.69, 9.17) is 5.11 Å². The van der Waals surface area contributed by atoms with E-state index >= 15 is 0 Å². The number of halogens is 1. The highest BCUT2D eigenvalue weighted by atomic mass is 32.2. The average Bonchev–Trinajstić information content (AvgIpc) is 2.45. The minimum absolute atomic E-state index is 0.00315. The highest BCUT2D eigenvalue weighted by Gasteiger charge is 2.04.